The van der Waals surface area contributed by atoms with Crippen molar-refractivity contribution in [1.29, 1.82) is 0 Å². The van der Waals surface area contributed by atoms with Crippen LogP contribution in [0, 0.1) is 12.8 Å². The topological polar surface area (TPSA) is 109 Å². The van der Waals surface area contributed by atoms with Crippen LogP contribution in [-0.4, -0.2) is 52.6 Å². The Hall–Kier alpha value is -2.92. The first kappa shape index (κ1) is 21.6. The van der Waals surface area contributed by atoms with E-state index in [0.717, 1.165) is 43.2 Å². The standard InChI is InChI=1S/C23H25F2N7OS/c1-11-8-28-19-18(26)20(34-22(19)29-11)21(33)31-16-4-3-14-13(23(16,24)25)2-5-17(30-14)32-7-6-12-9-27-10-15(12)32/h2,5,8,12,15-16,27H,3-4,6-7,9-10,26H2,1H3,(H,31,33). The minimum atomic E-state index is -3.24. The quantitative estimate of drug-likeness (QED) is 0.523. The molecule has 1 amide bonds. The predicted molar refractivity (Wildman–Crippen MR) is 126 cm³/mol. The molecule has 6 rings (SSSR count). The maximum Gasteiger partial charge on any atom is 0.294 e. The van der Waals surface area contributed by atoms with Gasteiger partial charge in [-0.2, -0.15) is 8.78 Å². The maximum absolute atomic E-state index is 15.5. The molecule has 0 aromatic carbocycles. The fourth-order valence-corrected chi connectivity index (χ4v) is 6.45. The normalized spacial score (nSPS) is 25.4. The Labute approximate surface area is 199 Å². The molecule has 3 aromatic heterocycles. The first-order valence-corrected chi connectivity index (χ1v) is 12.3. The lowest BCUT2D eigenvalue weighted by molar-refractivity contribution is -0.0509. The van der Waals surface area contributed by atoms with Crippen molar-refractivity contribution in [2.45, 2.75) is 44.2 Å². The number of halogens is 2. The Morgan fingerprint density at radius 2 is 2.15 bits per heavy atom. The van der Waals surface area contributed by atoms with Gasteiger partial charge in [-0.15, -0.1) is 11.3 Å². The smallest absolute Gasteiger partial charge is 0.294 e. The van der Waals surface area contributed by atoms with Gasteiger partial charge in [0.25, 0.3) is 11.8 Å². The number of nitrogens with one attached hydrogen (secondary N) is 2. The number of hydrogen-bond donors (Lipinski definition) is 3. The zero-order valence-electron chi connectivity index (χ0n) is 18.6. The highest BCUT2D eigenvalue weighted by Gasteiger charge is 2.48. The fourth-order valence-electron chi connectivity index (χ4n) is 5.45. The monoisotopic (exact) mass is 485 g/mol. The van der Waals surface area contributed by atoms with Crippen LogP contribution < -0.4 is 21.3 Å². The molecule has 178 valence electrons. The minimum Gasteiger partial charge on any atom is -0.396 e. The number of alkyl halides is 2. The molecule has 0 spiro atoms. The van der Waals surface area contributed by atoms with E-state index in [4.69, 9.17) is 5.73 Å². The van der Waals surface area contributed by atoms with Crippen LogP contribution in [0.1, 0.15) is 39.5 Å². The van der Waals surface area contributed by atoms with Crippen molar-refractivity contribution in [2.75, 3.05) is 30.3 Å². The van der Waals surface area contributed by atoms with Crippen molar-refractivity contribution in [3.63, 3.8) is 0 Å². The van der Waals surface area contributed by atoms with E-state index in [1.807, 2.05) is 0 Å². The number of rotatable bonds is 3. The number of nitrogens with zero attached hydrogens (tertiary/aromatic N) is 4. The lowest BCUT2D eigenvalue weighted by Gasteiger charge is -2.34. The summed E-state index contributed by atoms with van der Waals surface area (Å²) in [5.41, 5.74) is 7.66. The van der Waals surface area contributed by atoms with Crippen molar-refractivity contribution in [1.82, 2.24) is 25.6 Å². The van der Waals surface area contributed by atoms with E-state index < -0.39 is 17.9 Å². The van der Waals surface area contributed by atoms with Crippen LogP contribution in [0.5, 0.6) is 0 Å². The van der Waals surface area contributed by atoms with Gasteiger partial charge in [0.15, 0.2) is 0 Å². The number of aromatic nitrogens is 3. The summed E-state index contributed by atoms with van der Waals surface area (Å²) < 4.78 is 31.0. The summed E-state index contributed by atoms with van der Waals surface area (Å²) in [6.07, 6.45) is 3.11. The average Bonchev–Trinajstić information content (AvgIpc) is 3.50. The van der Waals surface area contributed by atoms with Crippen LogP contribution in [-0.2, 0) is 12.3 Å². The first-order chi connectivity index (χ1) is 16.3. The Morgan fingerprint density at radius 1 is 1.29 bits per heavy atom. The van der Waals surface area contributed by atoms with Crippen molar-refractivity contribution in [2.24, 2.45) is 5.92 Å². The molecule has 0 radical (unpaired) electrons. The molecule has 2 fully saturated rings. The summed E-state index contributed by atoms with van der Waals surface area (Å²) in [5.74, 6) is -2.51. The van der Waals surface area contributed by atoms with E-state index in [2.05, 4.69) is 30.5 Å². The van der Waals surface area contributed by atoms with Gasteiger partial charge in [0, 0.05) is 37.4 Å². The van der Waals surface area contributed by atoms with Crippen molar-refractivity contribution >= 4 is 39.1 Å². The molecule has 34 heavy (non-hydrogen) atoms. The summed E-state index contributed by atoms with van der Waals surface area (Å²) in [5, 5.41) is 5.93. The van der Waals surface area contributed by atoms with Crippen molar-refractivity contribution in [3.05, 3.63) is 40.2 Å². The van der Waals surface area contributed by atoms with Gasteiger partial charge in [0.2, 0.25) is 0 Å². The van der Waals surface area contributed by atoms with Gasteiger partial charge < -0.3 is 21.3 Å². The number of carbonyl (C=O) groups excluding carboxylic acids is 1. The number of hydrogen-bond acceptors (Lipinski definition) is 8. The lowest BCUT2D eigenvalue weighted by Crippen LogP contribution is -2.49. The Kier molecular flexibility index (Phi) is 4.96. The van der Waals surface area contributed by atoms with E-state index >= 15 is 8.78 Å². The van der Waals surface area contributed by atoms with E-state index in [1.165, 1.54) is 6.07 Å². The van der Waals surface area contributed by atoms with Crippen LogP contribution >= 0.6 is 11.3 Å². The summed E-state index contributed by atoms with van der Waals surface area (Å²) in [4.78, 5) is 29.0. The largest absolute Gasteiger partial charge is 0.396 e. The third-order valence-corrected chi connectivity index (χ3v) is 8.32. The Bertz CT molecular complexity index is 1300. The molecule has 0 bridgehead atoms. The Morgan fingerprint density at radius 3 is 3.00 bits per heavy atom. The molecule has 1 aliphatic carbocycles. The second-order valence-corrected chi connectivity index (χ2v) is 10.3. The molecule has 8 nitrogen and oxygen atoms in total. The van der Waals surface area contributed by atoms with Gasteiger partial charge in [0.05, 0.1) is 23.1 Å². The zero-order valence-corrected chi connectivity index (χ0v) is 19.5. The second-order valence-electron chi connectivity index (χ2n) is 9.33. The van der Waals surface area contributed by atoms with Crippen molar-refractivity contribution in [3.8, 4) is 0 Å². The number of amides is 1. The number of aryl methyl sites for hydroxylation is 2. The molecule has 3 atom stereocenters. The molecule has 4 N–H and O–H groups in total. The van der Waals surface area contributed by atoms with E-state index in [-0.39, 0.29) is 22.5 Å². The van der Waals surface area contributed by atoms with E-state index in [0.29, 0.717) is 40.1 Å². The van der Waals surface area contributed by atoms with Gasteiger partial charge in [0.1, 0.15) is 21.0 Å². The fraction of sp³-hybridized carbons (Fsp3) is 0.478. The molecule has 3 aromatic rings. The lowest BCUT2D eigenvalue weighted by atomic mass is 9.88. The highest BCUT2D eigenvalue weighted by atomic mass is 32.1. The zero-order chi connectivity index (χ0) is 23.6. The molecular formula is C23H25F2N7OS. The molecule has 2 saturated heterocycles. The number of carbonyl (C=O) groups is 1. The predicted octanol–water partition coefficient (Wildman–Crippen LogP) is 2.61. The van der Waals surface area contributed by atoms with Gasteiger partial charge in [-0.1, -0.05) is 0 Å². The van der Waals surface area contributed by atoms with Crippen LogP contribution in [0.15, 0.2) is 18.3 Å². The molecule has 3 aliphatic rings. The van der Waals surface area contributed by atoms with Crippen molar-refractivity contribution < 1.29 is 13.6 Å². The van der Waals surface area contributed by atoms with Crippen LogP contribution in [0.4, 0.5) is 20.3 Å². The molecular weight excluding hydrogens is 460 g/mol. The summed E-state index contributed by atoms with van der Waals surface area (Å²) >= 11 is 1.07. The number of pyridine rings is 1. The minimum absolute atomic E-state index is 0.0935. The molecule has 11 heteroatoms. The van der Waals surface area contributed by atoms with Gasteiger partial charge in [-0.3, -0.25) is 4.79 Å². The molecule has 2 aliphatic heterocycles. The number of thiophene rings is 1. The van der Waals surface area contributed by atoms with Crippen LogP contribution in [0.3, 0.4) is 0 Å². The molecule has 3 unspecified atom stereocenters. The number of fused-ring (bicyclic) bond motifs is 3. The number of nitrogen functional groups attached to an aromatic ring is 1. The first-order valence-electron chi connectivity index (χ1n) is 11.5. The maximum atomic E-state index is 15.5. The van der Waals surface area contributed by atoms with Gasteiger partial charge >= 0.3 is 0 Å². The third-order valence-electron chi connectivity index (χ3n) is 7.24. The average molecular weight is 486 g/mol. The molecule has 0 saturated carbocycles. The summed E-state index contributed by atoms with van der Waals surface area (Å²) in [6.45, 7) is 4.59. The summed E-state index contributed by atoms with van der Waals surface area (Å²) in [7, 11) is 0. The SMILES string of the molecule is Cc1cnc2c(N)c(C(=O)NC3CCc4nc(N5CCC6CNCC65)ccc4C3(F)F)sc2n1. The van der Waals surface area contributed by atoms with Crippen LogP contribution in [0.2, 0.25) is 0 Å². The van der Waals surface area contributed by atoms with E-state index in [1.54, 1.807) is 19.2 Å². The van der Waals surface area contributed by atoms with Gasteiger partial charge in [-0.05, 0) is 44.2 Å². The van der Waals surface area contributed by atoms with Crippen LogP contribution in [0.25, 0.3) is 10.3 Å². The number of anilines is 2. The highest BCUT2D eigenvalue weighted by molar-refractivity contribution is 7.21. The Balaban J connectivity index is 1.24. The second kappa shape index (κ2) is 7.81. The van der Waals surface area contributed by atoms with Gasteiger partial charge in [-0.25, -0.2) is 15.0 Å². The molecule has 5 heterocycles. The highest BCUT2D eigenvalue weighted by Crippen LogP contribution is 2.42. The third kappa shape index (κ3) is 3.32. The number of nitrogens with two attached hydrogens (primary N) is 1. The van der Waals surface area contributed by atoms with E-state index in [9.17, 15) is 4.79 Å². The summed E-state index contributed by atoms with van der Waals surface area (Å²) in [6, 6.07) is 2.21.